The number of nitrogens with zero attached hydrogens (tertiary/aromatic N) is 5. The Bertz CT molecular complexity index is 777. The summed E-state index contributed by atoms with van der Waals surface area (Å²) in [5.41, 5.74) is 2.62. The number of hydrogen-bond acceptors (Lipinski definition) is 4. The van der Waals surface area contributed by atoms with Gasteiger partial charge in [0.2, 0.25) is 0 Å². The zero-order valence-corrected chi connectivity index (χ0v) is 17.5. The first kappa shape index (κ1) is 20.3. The van der Waals surface area contributed by atoms with Gasteiger partial charge in [-0.3, -0.25) is 0 Å². The lowest BCUT2D eigenvalue weighted by Crippen LogP contribution is -2.42. The minimum atomic E-state index is 0.263. The van der Waals surface area contributed by atoms with Crippen molar-refractivity contribution in [3.8, 4) is 0 Å². The van der Waals surface area contributed by atoms with E-state index in [1.165, 1.54) is 11.1 Å². The molecule has 0 radical (unpaired) electrons. The largest absolute Gasteiger partial charge is 0.376 e. The molecule has 152 valence electrons. The topological polar surface area (TPSA) is 67.6 Å². The van der Waals surface area contributed by atoms with E-state index in [4.69, 9.17) is 9.73 Å². The molecule has 0 spiro atoms. The number of aryl methyl sites for hydroxylation is 2. The fourth-order valence-corrected chi connectivity index (χ4v) is 3.29. The number of ether oxygens (including phenoxy) is 1. The van der Waals surface area contributed by atoms with Crippen molar-refractivity contribution < 1.29 is 4.74 Å². The van der Waals surface area contributed by atoms with Crippen molar-refractivity contribution in [3.05, 3.63) is 47.0 Å². The van der Waals surface area contributed by atoms with Gasteiger partial charge in [0.15, 0.2) is 11.8 Å². The van der Waals surface area contributed by atoms with Crippen LogP contribution < -0.4 is 5.32 Å². The number of guanidine groups is 1. The second kappa shape index (κ2) is 9.68. The molecule has 2 aromatic rings. The molecule has 1 fully saturated rings. The maximum atomic E-state index is 5.75. The van der Waals surface area contributed by atoms with Crippen molar-refractivity contribution >= 4 is 5.96 Å². The molecule has 1 aromatic heterocycles. The molecule has 1 aromatic carbocycles. The van der Waals surface area contributed by atoms with Gasteiger partial charge in [-0.25, -0.2) is 4.99 Å². The molecule has 7 heteroatoms. The fraction of sp³-hybridized carbons (Fsp3) is 0.571. The van der Waals surface area contributed by atoms with Gasteiger partial charge in [0, 0.05) is 33.8 Å². The van der Waals surface area contributed by atoms with E-state index in [0.717, 1.165) is 56.6 Å². The summed E-state index contributed by atoms with van der Waals surface area (Å²) in [6.07, 6.45) is 3.56. The van der Waals surface area contributed by atoms with E-state index >= 15 is 0 Å². The average Bonchev–Trinajstić information content (AvgIpc) is 3.33. The molecule has 0 bridgehead atoms. The number of benzene rings is 1. The molecule has 3 rings (SSSR count). The molecular weight excluding hydrogens is 352 g/mol. The zero-order chi connectivity index (χ0) is 19.9. The summed E-state index contributed by atoms with van der Waals surface area (Å²) in [6.45, 7) is 7.04. The van der Waals surface area contributed by atoms with Gasteiger partial charge >= 0.3 is 0 Å². The molecule has 1 atom stereocenters. The van der Waals surface area contributed by atoms with E-state index in [9.17, 15) is 0 Å². The third-order valence-corrected chi connectivity index (χ3v) is 5.28. The van der Waals surface area contributed by atoms with Crippen LogP contribution in [0.4, 0.5) is 0 Å². The monoisotopic (exact) mass is 384 g/mol. The highest BCUT2D eigenvalue weighted by Gasteiger charge is 2.17. The Balaban J connectivity index is 1.69. The third kappa shape index (κ3) is 5.32. The minimum Gasteiger partial charge on any atom is -0.376 e. The van der Waals surface area contributed by atoms with Gasteiger partial charge in [0.1, 0.15) is 12.4 Å². The quantitative estimate of drug-likeness (QED) is 0.587. The van der Waals surface area contributed by atoms with Gasteiger partial charge in [0.25, 0.3) is 0 Å². The van der Waals surface area contributed by atoms with Crippen molar-refractivity contribution in [3.63, 3.8) is 0 Å². The maximum Gasteiger partial charge on any atom is 0.194 e. The molecule has 1 saturated heterocycles. The highest BCUT2D eigenvalue weighted by atomic mass is 16.5. The van der Waals surface area contributed by atoms with E-state index in [1.807, 2.05) is 18.5 Å². The van der Waals surface area contributed by atoms with Crippen molar-refractivity contribution in [1.29, 1.82) is 0 Å². The summed E-state index contributed by atoms with van der Waals surface area (Å²) in [7, 11) is 4.04. The summed E-state index contributed by atoms with van der Waals surface area (Å²) < 4.78 is 7.73. The van der Waals surface area contributed by atoms with Gasteiger partial charge in [-0.05, 0) is 37.3 Å². The SMILES string of the molecule is CCc1ccc(CN(C)C(=NCc2nnc(C)n2C)NCC2CCCO2)cc1. The van der Waals surface area contributed by atoms with Gasteiger partial charge in [-0.2, -0.15) is 0 Å². The number of aliphatic imine (C=N–C) groups is 1. The minimum absolute atomic E-state index is 0.263. The molecular formula is C21H32N6O. The van der Waals surface area contributed by atoms with Crippen LogP contribution in [0.1, 0.15) is 42.5 Å². The van der Waals surface area contributed by atoms with Crippen LogP contribution in [0.25, 0.3) is 0 Å². The Labute approximate surface area is 167 Å². The van der Waals surface area contributed by atoms with Crippen molar-refractivity contribution in [1.82, 2.24) is 25.0 Å². The normalized spacial score (nSPS) is 17.1. The summed E-state index contributed by atoms with van der Waals surface area (Å²) >= 11 is 0. The Morgan fingerprint density at radius 1 is 1.29 bits per heavy atom. The molecule has 1 aliphatic rings. The molecule has 1 unspecified atom stereocenters. The van der Waals surface area contributed by atoms with Crippen molar-refractivity contribution in [2.75, 3.05) is 20.2 Å². The van der Waals surface area contributed by atoms with Crippen LogP contribution in [-0.4, -0.2) is 51.9 Å². The average molecular weight is 385 g/mol. The summed E-state index contributed by atoms with van der Waals surface area (Å²) in [4.78, 5) is 6.96. The van der Waals surface area contributed by atoms with Gasteiger partial charge in [-0.15, -0.1) is 10.2 Å². The van der Waals surface area contributed by atoms with Crippen LogP contribution >= 0.6 is 0 Å². The van der Waals surface area contributed by atoms with Gasteiger partial charge in [-0.1, -0.05) is 31.2 Å². The number of aromatic nitrogens is 3. The second-order valence-electron chi connectivity index (χ2n) is 7.40. The smallest absolute Gasteiger partial charge is 0.194 e. The molecule has 28 heavy (non-hydrogen) atoms. The molecule has 1 N–H and O–H groups in total. The van der Waals surface area contributed by atoms with E-state index in [-0.39, 0.29) is 6.10 Å². The van der Waals surface area contributed by atoms with Crippen molar-refractivity contribution in [2.24, 2.45) is 12.0 Å². The molecule has 0 amide bonds. The lowest BCUT2D eigenvalue weighted by atomic mass is 10.1. The fourth-order valence-electron chi connectivity index (χ4n) is 3.29. The first-order valence-corrected chi connectivity index (χ1v) is 10.1. The van der Waals surface area contributed by atoms with Crippen LogP contribution in [0.15, 0.2) is 29.3 Å². The number of rotatable bonds is 7. The van der Waals surface area contributed by atoms with Crippen LogP contribution in [0, 0.1) is 6.92 Å². The number of nitrogens with one attached hydrogen (secondary N) is 1. The molecule has 7 nitrogen and oxygen atoms in total. The molecule has 0 aliphatic carbocycles. The third-order valence-electron chi connectivity index (χ3n) is 5.28. The van der Waals surface area contributed by atoms with E-state index < -0.39 is 0 Å². The Morgan fingerprint density at radius 2 is 2.04 bits per heavy atom. The zero-order valence-electron chi connectivity index (χ0n) is 17.5. The maximum absolute atomic E-state index is 5.75. The summed E-state index contributed by atoms with van der Waals surface area (Å²) in [5.74, 6) is 2.61. The van der Waals surface area contributed by atoms with Gasteiger partial charge in [0.05, 0.1) is 6.10 Å². The molecule has 1 aliphatic heterocycles. The van der Waals surface area contributed by atoms with E-state index in [0.29, 0.717) is 6.54 Å². The standard InChI is InChI=1S/C21H32N6O/c1-5-17-8-10-18(11-9-17)15-26(3)21(22-13-19-7-6-12-28-19)23-14-20-25-24-16(2)27(20)4/h8-11,19H,5-7,12-15H2,1-4H3,(H,22,23). The molecule has 2 heterocycles. The predicted molar refractivity (Wildman–Crippen MR) is 111 cm³/mol. The lowest BCUT2D eigenvalue weighted by molar-refractivity contribution is 0.113. The van der Waals surface area contributed by atoms with E-state index in [1.54, 1.807) is 0 Å². The van der Waals surface area contributed by atoms with Crippen LogP contribution in [0.3, 0.4) is 0 Å². The van der Waals surface area contributed by atoms with Crippen molar-refractivity contribution in [2.45, 2.75) is 52.3 Å². The summed E-state index contributed by atoms with van der Waals surface area (Å²) in [6, 6.07) is 8.78. The first-order chi connectivity index (χ1) is 13.6. The van der Waals surface area contributed by atoms with Crippen LogP contribution in [0.5, 0.6) is 0 Å². The molecule has 0 saturated carbocycles. The van der Waals surface area contributed by atoms with Crippen LogP contribution in [0.2, 0.25) is 0 Å². The summed E-state index contributed by atoms with van der Waals surface area (Å²) in [5, 5.41) is 11.8. The number of hydrogen-bond donors (Lipinski definition) is 1. The lowest BCUT2D eigenvalue weighted by Gasteiger charge is -2.24. The Hall–Kier alpha value is -2.41. The van der Waals surface area contributed by atoms with Crippen LogP contribution in [-0.2, 0) is 31.3 Å². The Kier molecular flexibility index (Phi) is 7.03. The first-order valence-electron chi connectivity index (χ1n) is 10.1. The van der Waals surface area contributed by atoms with Gasteiger partial charge < -0.3 is 19.5 Å². The predicted octanol–water partition coefficient (Wildman–Crippen LogP) is 2.44. The highest BCUT2D eigenvalue weighted by Crippen LogP contribution is 2.12. The second-order valence-corrected chi connectivity index (χ2v) is 7.40. The Morgan fingerprint density at radius 3 is 2.64 bits per heavy atom. The highest BCUT2D eigenvalue weighted by molar-refractivity contribution is 5.79. The van der Waals surface area contributed by atoms with E-state index in [2.05, 4.69) is 58.7 Å².